The van der Waals surface area contributed by atoms with Crippen LogP contribution in [0.1, 0.15) is 36.1 Å². The normalized spacial score (nSPS) is 11.3. The van der Waals surface area contributed by atoms with Gasteiger partial charge in [0.25, 0.3) is 0 Å². The van der Waals surface area contributed by atoms with Gasteiger partial charge >= 0.3 is 0 Å². The Morgan fingerprint density at radius 1 is 0.952 bits per heavy atom. The Labute approximate surface area is 128 Å². The number of hydrogen-bond acceptors (Lipinski definition) is 2. The molecule has 0 aliphatic heterocycles. The third kappa shape index (κ3) is 4.33. The van der Waals surface area contributed by atoms with E-state index in [0.29, 0.717) is 6.04 Å². The lowest BCUT2D eigenvalue weighted by Crippen LogP contribution is -2.30. The van der Waals surface area contributed by atoms with Crippen LogP contribution in [0.4, 0.5) is 5.69 Å². The highest BCUT2D eigenvalue weighted by molar-refractivity contribution is 5.39. The highest BCUT2D eigenvalue weighted by Crippen LogP contribution is 2.18. The molecule has 0 saturated carbocycles. The lowest BCUT2D eigenvalue weighted by atomic mass is 10.0. The number of hydrogen-bond donors (Lipinski definition) is 1. The molecule has 0 radical (unpaired) electrons. The summed E-state index contributed by atoms with van der Waals surface area (Å²) in [6.07, 6.45) is 0. The van der Waals surface area contributed by atoms with Crippen LogP contribution in [0.5, 0.6) is 0 Å². The predicted octanol–water partition coefficient (Wildman–Crippen LogP) is 4.30. The molecule has 21 heavy (non-hydrogen) atoms. The van der Waals surface area contributed by atoms with E-state index >= 15 is 0 Å². The first kappa shape index (κ1) is 15.6. The fourth-order valence-corrected chi connectivity index (χ4v) is 2.47. The average molecular weight is 282 g/mol. The molecular weight excluding hydrogens is 256 g/mol. The molecule has 2 rings (SSSR count). The SMILES string of the molecule is Cc1ccc(C)c(CN(Cc2ccc(N)cc2)C(C)C)c1. The summed E-state index contributed by atoms with van der Waals surface area (Å²) < 4.78 is 0. The van der Waals surface area contributed by atoms with Crippen molar-refractivity contribution in [2.45, 2.75) is 46.8 Å². The van der Waals surface area contributed by atoms with E-state index in [1.807, 2.05) is 12.1 Å². The minimum atomic E-state index is 0.502. The lowest BCUT2D eigenvalue weighted by molar-refractivity contribution is 0.203. The molecule has 0 spiro atoms. The molecule has 2 aromatic rings. The van der Waals surface area contributed by atoms with Gasteiger partial charge in [-0.15, -0.1) is 0 Å². The molecule has 0 aliphatic carbocycles. The molecule has 0 fully saturated rings. The predicted molar refractivity (Wildman–Crippen MR) is 91.2 cm³/mol. The molecule has 2 heteroatoms. The van der Waals surface area contributed by atoms with Crippen molar-refractivity contribution in [1.82, 2.24) is 4.90 Å². The third-order valence-corrected chi connectivity index (χ3v) is 3.97. The quantitative estimate of drug-likeness (QED) is 0.829. The molecule has 2 N–H and O–H groups in total. The molecule has 0 saturated heterocycles. The van der Waals surface area contributed by atoms with E-state index in [2.05, 4.69) is 62.9 Å². The van der Waals surface area contributed by atoms with Crippen molar-refractivity contribution in [3.63, 3.8) is 0 Å². The van der Waals surface area contributed by atoms with Gasteiger partial charge in [-0.3, -0.25) is 4.90 Å². The molecule has 112 valence electrons. The van der Waals surface area contributed by atoms with Crippen molar-refractivity contribution in [3.8, 4) is 0 Å². The van der Waals surface area contributed by atoms with Crippen LogP contribution in [0.3, 0.4) is 0 Å². The molecule has 0 unspecified atom stereocenters. The molecule has 0 amide bonds. The van der Waals surface area contributed by atoms with Crippen molar-refractivity contribution < 1.29 is 0 Å². The van der Waals surface area contributed by atoms with E-state index in [9.17, 15) is 0 Å². The number of anilines is 1. The maximum atomic E-state index is 5.76. The van der Waals surface area contributed by atoms with Crippen LogP contribution in [-0.4, -0.2) is 10.9 Å². The van der Waals surface area contributed by atoms with Gasteiger partial charge in [0.2, 0.25) is 0 Å². The molecule has 0 atom stereocenters. The van der Waals surface area contributed by atoms with Crippen molar-refractivity contribution in [2.24, 2.45) is 0 Å². The summed E-state index contributed by atoms with van der Waals surface area (Å²) in [4.78, 5) is 2.49. The molecular formula is C19H26N2. The Morgan fingerprint density at radius 2 is 1.62 bits per heavy atom. The Kier molecular flexibility index (Phi) is 5.03. The van der Waals surface area contributed by atoms with E-state index in [0.717, 1.165) is 18.8 Å². The van der Waals surface area contributed by atoms with Crippen LogP contribution in [0.25, 0.3) is 0 Å². The first-order valence-electron chi connectivity index (χ1n) is 7.60. The fraction of sp³-hybridized carbons (Fsp3) is 0.368. The van der Waals surface area contributed by atoms with Gasteiger partial charge in [-0.2, -0.15) is 0 Å². The number of rotatable bonds is 5. The van der Waals surface area contributed by atoms with Gasteiger partial charge in [-0.05, 0) is 56.5 Å². The molecule has 0 aliphatic rings. The second-order valence-corrected chi connectivity index (χ2v) is 6.17. The Bertz CT molecular complexity index is 585. The minimum Gasteiger partial charge on any atom is -0.399 e. The Hall–Kier alpha value is -1.80. The number of nitrogens with two attached hydrogens (primary N) is 1. The number of aryl methyl sites for hydroxylation is 2. The molecule has 0 aromatic heterocycles. The van der Waals surface area contributed by atoms with Crippen molar-refractivity contribution in [1.29, 1.82) is 0 Å². The zero-order valence-corrected chi connectivity index (χ0v) is 13.6. The Morgan fingerprint density at radius 3 is 2.24 bits per heavy atom. The average Bonchev–Trinajstić information content (AvgIpc) is 2.44. The first-order valence-corrected chi connectivity index (χ1v) is 7.60. The maximum Gasteiger partial charge on any atom is 0.0314 e. The van der Waals surface area contributed by atoms with Gasteiger partial charge in [-0.1, -0.05) is 35.9 Å². The maximum absolute atomic E-state index is 5.76. The van der Waals surface area contributed by atoms with E-state index in [1.165, 1.54) is 22.3 Å². The van der Waals surface area contributed by atoms with Crippen LogP contribution < -0.4 is 5.73 Å². The van der Waals surface area contributed by atoms with Crippen LogP contribution in [0.2, 0.25) is 0 Å². The second kappa shape index (κ2) is 6.77. The largest absolute Gasteiger partial charge is 0.399 e. The second-order valence-electron chi connectivity index (χ2n) is 6.17. The van der Waals surface area contributed by atoms with E-state index < -0.39 is 0 Å². The smallest absolute Gasteiger partial charge is 0.0314 e. The monoisotopic (exact) mass is 282 g/mol. The lowest BCUT2D eigenvalue weighted by Gasteiger charge is -2.27. The van der Waals surface area contributed by atoms with Crippen molar-refractivity contribution >= 4 is 5.69 Å². The summed E-state index contributed by atoms with van der Waals surface area (Å²) in [6, 6.07) is 15.4. The van der Waals surface area contributed by atoms with E-state index in [-0.39, 0.29) is 0 Å². The van der Waals surface area contributed by atoms with Crippen molar-refractivity contribution in [3.05, 3.63) is 64.7 Å². The van der Waals surface area contributed by atoms with Gasteiger partial charge in [-0.25, -0.2) is 0 Å². The van der Waals surface area contributed by atoms with Gasteiger partial charge in [0.15, 0.2) is 0 Å². The topological polar surface area (TPSA) is 29.3 Å². The molecule has 2 aromatic carbocycles. The molecule has 2 nitrogen and oxygen atoms in total. The standard InChI is InChI=1S/C19H26N2/c1-14(2)21(12-17-7-9-19(20)10-8-17)13-18-11-15(3)5-6-16(18)4/h5-11,14H,12-13,20H2,1-4H3. The summed E-state index contributed by atoms with van der Waals surface area (Å²) in [6.45, 7) is 10.8. The highest BCUT2D eigenvalue weighted by Gasteiger charge is 2.12. The summed E-state index contributed by atoms with van der Waals surface area (Å²) in [5.41, 5.74) is 12.0. The van der Waals surface area contributed by atoms with E-state index in [4.69, 9.17) is 5.73 Å². The molecule has 0 bridgehead atoms. The first-order chi connectivity index (χ1) is 9.95. The van der Waals surface area contributed by atoms with Crippen LogP contribution >= 0.6 is 0 Å². The zero-order chi connectivity index (χ0) is 15.4. The van der Waals surface area contributed by atoms with Crippen LogP contribution in [-0.2, 0) is 13.1 Å². The minimum absolute atomic E-state index is 0.502. The summed E-state index contributed by atoms with van der Waals surface area (Å²) in [5.74, 6) is 0. The summed E-state index contributed by atoms with van der Waals surface area (Å²) in [7, 11) is 0. The number of nitrogen functional groups attached to an aromatic ring is 1. The fourth-order valence-electron chi connectivity index (χ4n) is 2.47. The van der Waals surface area contributed by atoms with Gasteiger partial charge < -0.3 is 5.73 Å². The third-order valence-electron chi connectivity index (χ3n) is 3.97. The van der Waals surface area contributed by atoms with Gasteiger partial charge in [0, 0.05) is 24.8 Å². The van der Waals surface area contributed by atoms with Gasteiger partial charge in [0.1, 0.15) is 0 Å². The Balaban J connectivity index is 2.15. The number of benzene rings is 2. The highest BCUT2D eigenvalue weighted by atomic mass is 15.1. The zero-order valence-electron chi connectivity index (χ0n) is 13.6. The summed E-state index contributed by atoms with van der Waals surface area (Å²) in [5, 5.41) is 0. The van der Waals surface area contributed by atoms with Crippen LogP contribution in [0, 0.1) is 13.8 Å². The summed E-state index contributed by atoms with van der Waals surface area (Å²) >= 11 is 0. The van der Waals surface area contributed by atoms with E-state index in [1.54, 1.807) is 0 Å². The van der Waals surface area contributed by atoms with Crippen LogP contribution in [0.15, 0.2) is 42.5 Å². The van der Waals surface area contributed by atoms with Crippen molar-refractivity contribution in [2.75, 3.05) is 5.73 Å². The molecule has 0 heterocycles. The van der Waals surface area contributed by atoms with Gasteiger partial charge in [0.05, 0.1) is 0 Å². The number of nitrogens with zero attached hydrogens (tertiary/aromatic N) is 1.